The highest BCUT2D eigenvalue weighted by Gasteiger charge is 2.29. The molecular formula is C21H24N2O2. The predicted octanol–water partition coefficient (Wildman–Crippen LogP) is 4.09. The average Bonchev–Trinajstić information content (AvgIpc) is 3.45. The number of hydrogen-bond acceptors (Lipinski definition) is 2. The van der Waals surface area contributed by atoms with Gasteiger partial charge in [-0.3, -0.25) is 9.59 Å². The quantitative estimate of drug-likeness (QED) is 0.835. The minimum Gasteiger partial charge on any atom is -0.348 e. The van der Waals surface area contributed by atoms with Gasteiger partial charge in [0.25, 0.3) is 5.91 Å². The minimum absolute atomic E-state index is 0.0893. The van der Waals surface area contributed by atoms with Gasteiger partial charge in [-0.1, -0.05) is 38.1 Å². The van der Waals surface area contributed by atoms with Gasteiger partial charge in [-0.2, -0.15) is 0 Å². The van der Waals surface area contributed by atoms with E-state index in [0.717, 1.165) is 24.1 Å². The van der Waals surface area contributed by atoms with Gasteiger partial charge in [-0.15, -0.1) is 0 Å². The third kappa shape index (κ3) is 4.69. The highest BCUT2D eigenvalue weighted by Crippen LogP contribution is 2.30. The molecule has 2 N–H and O–H groups in total. The van der Waals surface area contributed by atoms with E-state index in [2.05, 4.69) is 24.5 Å². The first-order valence-corrected chi connectivity index (χ1v) is 8.81. The van der Waals surface area contributed by atoms with Crippen molar-refractivity contribution in [1.29, 1.82) is 0 Å². The molecule has 4 heteroatoms. The van der Waals surface area contributed by atoms with Gasteiger partial charge >= 0.3 is 0 Å². The summed E-state index contributed by atoms with van der Waals surface area (Å²) in [7, 11) is 0. The van der Waals surface area contributed by atoms with Crippen molar-refractivity contribution in [1.82, 2.24) is 5.32 Å². The molecule has 0 saturated heterocycles. The van der Waals surface area contributed by atoms with Crippen molar-refractivity contribution in [3.63, 3.8) is 0 Å². The van der Waals surface area contributed by atoms with Crippen molar-refractivity contribution in [2.45, 2.75) is 39.2 Å². The number of hydrogen-bond donors (Lipinski definition) is 2. The van der Waals surface area contributed by atoms with Crippen LogP contribution in [0.25, 0.3) is 0 Å². The van der Waals surface area contributed by atoms with Gasteiger partial charge in [0.05, 0.1) is 0 Å². The Morgan fingerprint density at radius 1 is 1.08 bits per heavy atom. The molecule has 0 unspecified atom stereocenters. The second-order valence-corrected chi connectivity index (χ2v) is 6.92. The van der Waals surface area contributed by atoms with Crippen LogP contribution in [0.5, 0.6) is 0 Å². The highest BCUT2D eigenvalue weighted by atomic mass is 16.2. The van der Waals surface area contributed by atoms with E-state index in [-0.39, 0.29) is 17.7 Å². The maximum absolute atomic E-state index is 12.3. The number of anilines is 1. The molecule has 1 fully saturated rings. The molecule has 130 valence electrons. The molecule has 2 aromatic rings. The van der Waals surface area contributed by atoms with Crippen LogP contribution in [0, 0.1) is 5.92 Å². The summed E-state index contributed by atoms with van der Waals surface area (Å²) in [5, 5.41) is 5.86. The van der Waals surface area contributed by atoms with Gasteiger partial charge in [0.15, 0.2) is 0 Å². The third-order valence-electron chi connectivity index (χ3n) is 4.44. The average molecular weight is 336 g/mol. The summed E-state index contributed by atoms with van der Waals surface area (Å²) in [6.45, 7) is 4.69. The van der Waals surface area contributed by atoms with E-state index in [1.54, 1.807) is 0 Å². The van der Waals surface area contributed by atoms with Crippen molar-refractivity contribution in [3.05, 3.63) is 65.2 Å². The predicted molar refractivity (Wildman–Crippen MR) is 99.5 cm³/mol. The van der Waals surface area contributed by atoms with Crippen LogP contribution < -0.4 is 10.6 Å². The first-order valence-electron chi connectivity index (χ1n) is 8.81. The molecule has 4 nitrogen and oxygen atoms in total. The fourth-order valence-electron chi connectivity index (χ4n) is 2.65. The molecule has 0 atom stereocenters. The number of nitrogens with one attached hydrogen (secondary N) is 2. The van der Waals surface area contributed by atoms with Crippen molar-refractivity contribution in [2.24, 2.45) is 5.92 Å². The zero-order valence-corrected chi connectivity index (χ0v) is 14.7. The van der Waals surface area contributed by atoms with Crippen molar-refractivity contribution in [2.75, 3.05) is 5.32 Å². The Bertz CT molecular complexity index is 762. The van der Waals surface area contributed by atoms with Crippen LogP contribution in [0.15, 0.2) is 48.5 Å². The van der Waals surface area contributed by atoms with Gasteiger partial charge in [-0.05, 0) is 54.2 Å². The lowest BCUT2D eigenvalue weighted by Crippen LogP contribution is -2.23. The van der Waals surface area contributed by atoms with E-state index in [4.69, 9.17) is 0 Å². The summed E-state index contributed by atoms with van der Waals surface area (Å²) < 4.78 is 0. The van der Waals surface area contributed by atoms with Gasteiger partial charge in [0.2, 0.25) is 5.91 Å². The molecule has 3 rings (SSSR count). The van der Waals surface area contributed by atoms with E-state index in [0.29, 0.717) is 18.0 Å². The minimum atomic E-state index is -0.0947. The lowest BCUT2D eigenvalue weighted by atomic mass is 10.0. The Morgan fingerprint density at radius 3 is 2.44 bits per heavy atom. The molecule has 0 radical (unpaired) electrons. The fourth-order valence-corrected chi connectivity index (χ4v) is 2.65. The summed E-state index contributed by atoms with van der Waals surface area (Å²) in [4.78, 5) is 24.1. The second kappa shape index (κ2) is 7.51. The standard InChI is InChI=1S/C21H24N2O2/c1-14(2)16-6-8-17(9-7-16)20(24)22-13-15-4-3-5-19(12-15)23-21(25)18-10-11-18/h3-9,12,14,18H,10-11,13H2,1-2H3,(H,22,24)(H,23,25). The number of carbonyl (C=O) groups is 2. The second-order valence-electron chi connectivity index (χ2n) is 6.92. The molecule has 0 bridgehead atoms. The van der Waals surface area contributed by atoms with Crippen molar-refractivity contribution >= 4 is 17.5 Å². The summed E-state index contributed by atoms with van der Waals surface area (Å²) >= 11 is 0. The molecular weight excluding hydrogens is 312 g/mol. The lowest BCUT2D eigenvalue weighted by molar-refractivity contribution is -0.117. The molecule has 1 aliphatic carbocycles. The molecule has 25 heavy (non-hydrogen) atoms. The normalized spacial score (nSPS) is 13.6. The zero-order valence-electron chi connectivity index (χ0n) is 14.7. The highest BCUT2D eigenvalue weighted by molar-refractivity contribution is 5.95. The Morgan fingerprint density at radius 2 is 1.80 bits per heavy atom. The number of carbonyl (C=O) groups excluding carboxylic acids is 2. The van der Waals surface area contributed by atoms with Gasteiger partial charge < -0.3 is 10.6 Å². The van der Waals surface area contributed by atoms with Crippen molar-refractivity contribution < 1.29 is 9.59 Å². The van der Waals surface area contributed by atoms with Gasteiger partial charge in [-0.25, -0.2) is 0 Å². The van der Waals surface area contributed by atoms with Crippen LogP contribution in [0.4, 0.5) is 5.69 Å². The van der Waals surface area contributed by atoms with Crippen molar-refractivity contribution in [3.8, 4) is 0 Å². The van der Waals surface area contributed by atoms with Crippen LogP contribution in [0.1, 0.15) is 54.1 Å². The van der Waals surface area contributed by atoms with Crippen LogP contribution in [-0.2, 0) is 11.3 Å². The SMILES string of the molecule is CC(C)c1ccc(C(=O)NCc2cccc(NC(=O)C3CC3)c2)cc1. The zero-order chi connectivity index (χ0) is 17.8. The fraction of sp³-hybridized carbons (Fsp3) is 0.333. The Labute approximate surface area is 148 Å². The molecule has 2 aromatic carbocycles. The molecule has 1 aliphatic rings. The van der Waals surface area contributed by atoms with E-state index >= 15 is 0 Å². The third-order valence-corrected chi connectivity index (χ3v) is 4.44. The van der Waals surface area contributed by atoms with E-state index < -0.39 is 0 Å². The van der Waals surface area contributed by atoms with Gasteiger partial charge in [0.1, 0.15) is 0 Å². The Balaban J connectivity index is 1.57. The first-order chi connectivity index (χ1) is 12.0. The van der Waals surface area contributed by atoms with E-state index in [1.807, 2.05) is 48.5 Å². The lowest BCUT2D eigenvalue weighted by Gasteiger charge is -2.10. The molecule has 0 spiro atoms. The topological polar surface area (TPSA) is 58.2 Å². The smallest absolute Gasteiger partial charge is 0.251 e. The largest absolute Gasteiger partial charge is 0.348 e. The van der Waals surface area contributed by atoms with Crippen LogP contribution in [0.3, 0.4) is 0 Å². The first kappa shape index (κ1) is 17.2. The van der Waals surface area contributed by atoms with Crippen LogP contribution in [-0.4, -0.2) is 11.8 Å². The summed E-state index contributed by atoms with van der Waals surface area (Å²) in [6, 6.07) is 15.3. The molecule has 2 amide bonds. The summed E-state index contributed by atoms with van der Waals surface area (Å²) in [6.07, 6.45) is 1.97. The Hall–Kier alpha value is -2.62. The van der Waals surface area contributed by atoms with E-state index in [9.17, 15) is 9.59 Å². The van der Waals surface area contributed by atoms with Crippen LogP contribution in [0.2, 0.25) is 0 Å². The molecule has 0 aliphatic heterocycles. The maximum atomic E-state index is 12.3. The maximum Gasteiger partial charge on any atom is 0.251 e. The molecule has 1 saturated carbocycles. The van der Waals surface area contributed by atoms with Crippen LogP contribution >= 0.6 is 0 Å². The number of benzene rings is 2. The summed E-state index contributed by atoms with van der Waals surface area (Å²) in [5.74, 6) is 0.622. The molecule has 0 heterocycles. The molecule has 0 aromatic heterocycles. The van der Waals surface area contributed by atoms with E-state index in [1.165, 1.54) is 5.56 Å². The number of rotatable bonds is 6. The monoisotopic (exact) mass is 336 g/mol. The Kier molecular flexibility index (Phi) is 5.17. The number of amides is 2. The summed E-state index contributed by atoms with van der Waals surface area (Å²) in [5.41, 5.74) is 3.61. The van der Waals surface area contributed by atoms with Gasteiger partial charge in [0, 0.05) is 23.7 Å².